The zero-order valence-electron chi connectivity index (χ0n) is 17.4. The fraction of sp³-hybridized carbons (Fsp3) is 0.391. The highest BCUT2D eigenvalue weighted by Gasteiger charge is 2.20. The first-order chi connectivity index (χ1) is 14.7. The van der Waals surface area contributed by atoms with Gasteiger partial charge in [0.05, 0.1) is 4.70 Å². The third kappa shape index (κ3) is 5.28. The van der Waals surface area contributed by atoms with Crippen LogP contribution in [0.15, 0.2) is 48.5 Å². The Kier molecular flexibility index (Phi) is 7.15. The number of anilines is 2. The third-order valence-corrected chi connectivity index (χ3v) is 6.53. The van der Waals surface area contributed by atoms with E-state index >= 15 is 0 Å². The van der Waals surface area contributed by atoms with Gasteiger partial charge in [-0.15, -0.1) is 0 Å². The van der Waals surface area contributed by atoms with Gasteiger partial charge in [0.15, 0.2) is 5.11 Å². The molecule has 0 atom stereocenters. The van der Waals surface area contributed by atoms with Crippen LogP contribution in [0.25, 0.3) is 10.1 Å². The van der Waals surface area contributed by atoms with Crippen molar-refractivity contribution in [1.82, 2.24) is 14.6 Å². The highest BCUT2D eigenvalue weighted by molar-refractivity contribution is 7.80. The van der Waals surface area contributed by atoms with Crippen LogP contribution >= 0.6 is 23.8 Å². The second kappa shape index (κ2) is 10.2. The first kappa shape index (κ1) is 21.0. The molecule has 0 spiro atoms. The highest BCUT2D eigenvalue weighted by Crippen LogP contribution is 2.29. The Labute approximate surface area is 188 Å². The molecule has 3 aromatic rings. The van der Waals surface area contributed by atoms with Gasteiger partial charge in [-0.1, -0.05) is 31.2 Å². The summed E-state index contributed by atoms with van der Waals surface area (Å²) in [5, 5.41) is 8.48. The van der Waals surface area contributed by atoms with Crippen LogP contribution in [0.2, 0.25) is 0 Å². The number of hydrogen-bond donors (Lipinski definition) is 2. The number of piperazine rings is 1. The van der Waals surface area contributed by atoms with Crippen molar-refractivity contribution < 1.29 is 0 Å². The van der Waals surface area contributed by atoms with Gasteiger partial charge in [-0.05, 0) is 66.4 Å². The Balaban J connectivity index is 1.27. The summed E-state index contributed by atoms with van der Waals surface area (Å²) >= 11 is 6.95. The van der Waals surface area contributed by atoms with Gasteiger partial charge in [0, 0.05) is 50.3 Å². The summed E-state index contributed by atoms with van der Waals surface area (Å²) in [6.07, 6.45) is 2.11. The summed E-state index contributed by atoms with van der Waals surface area (Å²) in [5.74, 6) is 1.15. The van der Waals surface area contributed by atoms with Gasteiger partial charge in [-0.2, -0.15) is 4.37 Å². The Morgan fingerprint density at radius 1 is 1.10 bits per heavy atom. The lowest BCUT2D eigenvalue weighted by Gasteiger charge is -2.35. The molecule has 2 N–H and O–H groups in total. The predicted molar refractivity (Wildman–Crippen MR) is 133 cm³/mol. The fourth-order valence-electron chi connectivity index (χ4n) is 3.79. The first-order valence-corrected chi connectivity index (χ1v) is 11.9. The average molecular weight is 440 g/mol. The highest BCUT2D eigenvalue weighted by atomic mass is 32.1. The van der Waals surface area contributed by atoms with Crippen molar-refractivity contribution >= 4 is 50.5 Å². The maximum atomic E-state index is 5.35. The van der Waals surface area contributed by atoms with E-state index in [0.29, 0.717) is 5.11 Å². The van der Waals surface area contributed by atoms with Crippen molar-refractivity contribution in [3.05, 3.63) is 54.1 Å². The number of nitrogens with one attached hydrogen (secondary N) is 2. The molecule has 7 heteroatoms. The van der Waals surface area contributed by atoms with Crippen LogP contribution in [-0.4, -0.2) is 53.7 Å². The van der Waals surface area contributed by atoms with E-state index in [9.17, 15) is 0 Å². The molecular weight excluding hydrogens is 410 g/mol. The van der Waals surface area contributed by atoms with E-state index in [4.69, 9.17) is 16.6 Å². The van der Waals surface area contributed by atoms with Crippen molar-refractivity contribution in [2.75, 3.05) is 49.5 Å². The van der Waals surface area contributed by atoms with Gasteiger partial charge in [0.1, 0.15) is 5.82 Å². The van der Waals surface area contributed by atoms with Crippen molar-refractivity contribution in [2.24, 2.45) is 0 Å². The number of thiocarbonyl (C=S) groups is 1. The second-order valence-corrected chi connectivity index (χ2v) is 8.88. The molecule has 30 heavy (non-hydrogen) atoms. The van der Waals surface area contributed by atoms with E-state index in [2.05, 4.69) is 75.9 Å². The van der Waals surface area contributed by atoms with E-state index in [1.54, 1.807) is 11.5 Å². The summed E-state index contributed by atoms with van der Waals surface area (Å²) in [7, 11) is 0. The topological polar surface area (TPSA) is 43.4 Å². The van der Waals surface area contributed by atoms with E-state index < -0.39 is 0 Å². The normalized spacial score (nSPS) is 14.8. The minimum Gasteiger partial charge on any atom is -0.362 e. The van der Waals surface area contributed by atoms with Gasteiger partial charge in [-0.25, -0.2) is 0 Å². The van der Waals surface area contributed by atoms with Crippen LogP contribution in [0.5, 0.6) is 0 Å². The molecule has 0 unspecified atom stereocenters. The Morgan fingerprint density at radius 3 is 2.77 bits per heavy atom. The molecule has 0 saturated carbocycles. The Morgan fingerprint density at radius 2 is 1.93 bits per heavy atom. The second-order valence-electron chi connectivity index (χ2n) is 7.66. The van der Waals surface area contributed by atoms with Gasteiger partial charge < -0.3 is 15.5 Å². The van der Waals surface area contributed by atoms with E-state index in [1.165, 1.54) is 15.6 Å². The van der Waals surface area contributed by atoms with E-state index in [1.807, 2.05) is 0 Å². The smallest absolute Gasteiger partial charge is 0.170 e. The Bertz CT molecular complexity index is 978. The van der Waals surface area contributed by atoms with Gasteiger partial charge in [0.25, 0.3) is 0 Å². The summed E-state index contributed by atoms with van der Waals surface area (Å²) in [6.45, 7) is 8.33. The van der Waals surface area contributed by atoms with Crippen molar-refractivity contribution in [3.63, 3.8) is 0 Å². The molecule has 1 aliphatic heterocycles. The standard InChI is InChI=1S/C23H29N5S2/c1-2-11-24-23(29)25-19-7-5-6-18(17-19)10-12-27-13-15-28(16-14-27)22-20-8-3-4-9-21(20)30-26-22/h3-9,17H,2,10-16H2,1H3,(H2,24,25,29). The molecule has 1 aromatic heterocycles. The van der Waals surface area contributed by atoms with Crippen LogP contribution in [0.3, 0.4) is 0 Å². The largest absolute Gasteiger partial charge is 0.362 e. The monoisotopic (exact) mass is 439 g/mol. The zero-order valence-corrected chi connectivity index (χ0v) is 19.1. The SMILES string of the molecule is CCCNC(=S)Nc1cccc(CCN2CCN(c3nsc4ccccc34)CC2)c1. The van der Waals surface area contributed by atoms with Crippen molar-refractivity contribution in [3.8, 4) is 0 Å². The number of rotatable bonds is 7. The van der Waals surface area contributed by atoms with E-state index in [0.717, 1.165) is 63.6 Å². The quantitative estimate of drug-likeness (QED) is 0.534. The molecule has 4 rings (SSSR count). The molecule has 1 aliphatic rings. The van der Waals surface area contributed by atoms with Crippen molar-refractivity contribution in [1.29, 1.82) is 0 Å². The van der Waals surface area contributed by atoms with Crippen LogP contribution in [0.1, 0.15) is 18.9 Å². The molecule has 0 radical (unpaired) electrons. The van der Waals surface area contributed by atoms with Crippen LogP contribution in [0.4, 0.5) is 11.5 Å². The molecule has 1 fully saturated rings. The molecule has 0 bridgehead atoms. The molecule has 0 aliphatic carbocycles. The van der Waals surface area contributed by atoms with Gasteiger partial charge >= 0.3 is 0 Å². The molecule has 0 amide bonds. The molecule has 2 aromatic carbocycles. The Hall–Kier alpha value is -2.22. The number of nitrogens with zero attached hydrogens (tertiary/aromatic N) is 3. The first-order valence-electron chi connectivity index (χ1n) is 10.7. The van der Waals surface area contributed by atoms with E-state index in [-0.39, 0.29) is 0 Å². The number of hydrogen-bond acceptors (Lipinski definition) is 5. The van der Waals surface area contributed by atoms with Crippen LogP contribution in [0, 0.1) is 0 Å². The summed E-state index contributed by atoms with van der Waals surface area (Å²) < 4.78 is 5.99. The third-order valence-electron chi connectivity index (χ3n) is 5.47. The van der Waals surface area contributed by atoms with Crippen LogP contribution in [-0.2, 0) is 6.42 Å². The summed E-state index contributed by atoms with van der Waals surface area (Å²) in [6, 6.07) is 17.1. The van der Waals surface area contributed by atoms with Crippen LogP contribution < -0.4 is 15.5 Å². The molecular formula is C23H29N5S2. The fourth-order valence-corrected chi connectivity index (χ4v) is 4.81. The lowest BCUT2D eigenvalue weighted by Crippen LogP contribution is -2.47. The van der Waals surface area contributed by atoms with Gasteiger partial charge in [-0.3, -0.25) is 4.90 Å². The molecule has 5 nitrogen and oxygen atoms in total. The molecule has 1 saturated heterocycles. The van der Waals surface area contributed by atoms with Crippen molar-refractivity contribution in [2.45, 2.75) is 19.8 Å². The predicted octanol–water partition coefficient (Wildman–Crippen LogP) is 4.36. The summed E-state index contributed by atoms with van der Waals surface area (Å²) in [5.41, 5.74) is 2.40. The zero-order chi connectivity index (χ0) is 20.8. The number of aromatic nitrogens is 1. The molecule has 158 valence electrons. The minimum atomic E-state index is 0.694. The number of benzene rings is 2. The number of fused-ring (bicyclic) bond motifs is 1. The maximum Gasteiger partial charge on any atom is 0.170 e. The molecule has 2 heterocycles. The minimum absolute atomic E-state index is 0.694. The lowest BCUT2D eigenvalue weighted by molar-refractivity contribution is 0.261. The maximum absolute atomic E-state index is 5.35. The lowest BCUT2D eigenvalue weighted by atomic mass is 10.1. The average Bonchev–Trinajstić information content (AvgIpc) is 3.21. The summed E-state index contributed by atoms with van der Waals surface area (Å²) in [4.78, 5) is 4.99. The van der Waals surface area contributed by atoms with Gasteiger partial charge in [0.2, 0.25) is 0 Å².